The minimum atomic E-state index is -3.59. The van der Waals surface area contributed by atoms with Gasteiger partial charge >= 0.3 is 0 Å². The van der Waals surface area contributed by atoms with E-state index >= 15 is 0 Å². The van der Waals surface area contributed by atoms with Crippen molar-refractivity contribution in [1.82, 2.24) is 29.2 Å². The van der Waals surface area contributed by atoms with Crippen molar-refractivity contribution in [2.75, 3.05) is 33.3 Å². The van der Waals surface area contributed by atoms with Gasteiger partial charge in [-0.15, -0.1) is 10.2 Å². The lowest BCUT2D eigenvalue weighted by Crippen LogP contribution is -2.50. The molecule has 10 nitrogen and oxygen atoms in total. The van der Waals surface area contributed by atoms with Crippen molar-refractivity contribution < 1.29 is 17.9 Å². The number of aryl methyl sites for hydroxylation is 1. The number of hydrogen-bond acceptors (Lipinski definition) is 7. The van der Waals surface area contributed by atoms with Gasteiger partial charge in [0.2, 0.25) is 15.9 Å². The first-order valence-corrected chi connectivity index (χ1v) is 12.1. The first-order chi connectivity index (χ1) is 15.8. The van der Waals surface area contributed by atoms with E-state index in [4.69, 9.17) is 4.74 Å². The van der Waals surface area contributed by atoms with Gasteiger partial charge in [-0.1, -0.05) is 24.6 Å². The fourth-order valence-corrected chi connectivity index (χ4v) is 5.21. The minimum absolute atomic E-state index is 0.174. The highest BCUT2D eigenvalue weighted by atomic mass is 32.2. The van der Waals surface area contributed by atoms with Crippen LogP contribution in [0.25, 0.3) is 5.82 Å². The summed E-state index contributed by atoms with van der Waals surface area (Å²) in [4.78, 5) is 15.2. The summed E-state index contributed by atoms with van der Waals surface area (Å²) >= 11 is 0. The van der Waals surface area contributed by atoms with E-state index in [-0.39, 0.29) is 23.9 Å². The quantitative estimate of drug-likeness (QED) is 0.539. The number of amides is 1. The largest absolute Gasteiger partial charge is 0.480 e. The molecule has 174 valence electrons. The molecule has 0 saturated carbocycles. The number of rotatable bonds is 6. The van der Waals surface area contributed by atoms with Crippen LogP contribution in [0.2, 0.25) is 0 Å². The second kappa shape index (κ2) is 9.28. The molecular weight excluding hydrogens is 444 g/mol. The van der Waals surface area contributed by atoms with Crippen LogP contribution in [0, 0.1) is 6.92 Å². The number of ether oxygens (including phenoxy) is 1. The van der Waals surface area contributed by atoms with Crippen molar-refractivity contribution in [3.8, 4) is 11.7 Å². The van der Waals surface area contributed by atoms with E-state index in [1.807, 2.05) is 13.8 Å². The number of hydrogen-bond donors (Lipinski definition) is 0. The molecule has 2 aromatic heterocycles. The average Bonchev–Trinajstić information content (AvgIpc) is 3.28. The summed E-state index contributed by atoms with van der Waals surface area (Å²) in [6, 6.07) is 10.2. The van der Waals surface area contributed by atoms with Gasteiger partial charge in [0.1, 0.15) is 0 Å². The van der Waals surface area contributed by atoms with Crippen LogP contribution in [-0.4, -0.2) is 76.8 Å². The van der Waals surface area contributed by atoms with Crippen LogP contribution in [0.4, 0.5) is 0 Å². The van der Waals surface area contributed by atoms with Crippen LogP contribution < -0.4 is 4.74 Å². The van der Waals surface area contributed by atoms with Crippen molar-refractivity contribution in [2.45, 2.75) is 25.2 Å². The third-order valence-corrected chi connectivity index (χ3v) is 7.58. The Bertz CT molecular complexity index is 1230. The molecule has 0 radical (unpaired) electrons. The summed E-state index contributed by atoms with van der Waals surface area (Å²) in [6.45, 7) is 4.94. The Morgan fingerprint density at radius 3 is 2.30 bits per heavy atom. The van der Waals surface area contributed by atoms with Gasteiger partial charge in [-0.25, -0.2) is 13.1 Å². The Morgan fingerprint density at radius 2 is 1.73 bits per heavy atom. The number of nitrogens with zero attached hydrogens (tertiary/aromatic N) is 6. The van der Waals surface area contributed by atoms with Gasteiger partial charge in [-0.2, -0.15) is 9.40 Å². The van der Waals surface area contributed by atoms with Gasteiger partial charge in [-0.3, -0.25) is 4.79 Å². The number of sulfonamides is 1. The van der Waals surface area contributed by atoms with Crippen molar-refractivity contribution in [2.24, 2.45) is 0 Å². The van der Waals surface area contributed by atoms with Crippen molar-refractivity contribution in [3.05, 3.63) is 59.4 Å². The number of carbonyl (C=O) groups excluding carboxylic acids is 1. The number of carbonyl (C=O) groups is 1. The Kier molecular flexibility index (Phi) is 6.43. The van der Waals surface area contributed by atoms with Crippen LogP contribution in [0.15, 0.2) is 47.5 Å². The van der Waals surface area contributed by atoms with E-state index in [2.05, 4.69) is 15.3 Å². The molecule has 0 spiro atoms. The highest BCUT2D eigenvalue weighted by Gasteiger charge is 2.31. The van der Waals surface area contributed by atoms with E-state index in [9.17, 15) is 13.2 Å². The molecular formula is C22H26N6O4S. The molecule has 0 atom stereocenters. The molecule has 11 heteroatoms. The first-order valence-electron chi connectivity index (χ1n) is 10.7. The zero-order chi connectivity index (χ0) is 23.6. The predicted molar refractivity (Wildman–Crippen MR) is 121 cm³/mol. The first kappa shape index (κ1) is 22.9. The van der Waals surface area contributed by atoms with Crippen molar-refractivity contribution in [3.63, 3.8) is 0 Å². The summed E-state index contributed by atoms with van der Waals surface area (Å²) in [5, 5.41) is 12.4. The van der Waals surface area contributed by atoms with E-state index < -0.39 is 10.0 Å². The van der Waals surface area contributed by atoms with Crippen molar-refractivity contribution in [1.29, 1.82) is 0 Å². The van der Waals surface area contributed by atoms with Crippen LogP contribution >= 0.6 is 0 Å². The van der Waals surface area contributed by atoms with Gasteiger partial charge in [0.05, 0.1) is 29.5 Å². The summed E-state index contributed by atoms with van der Waals surface area (Å²) in [5.41, 5.74) is 2.19. The second-order valence-corrected chi connectivity index (χ2v) is 9.65. The smallest absolute Gasteiger partial charge is 0.257 e. The molecule has 0 N–H and O–H groups in total. The second-order valence-electron chi connectivity index (χ2n) is 7.71. The van der Waals surface area contributed by atoms with Crippen LogP contribution in [0.1, 0.15) is 28.5 Å². The monoisotopic (exact) mass is 470 g/mol. The molecule has 1 aliphatic heterocycles. The molecule has 3 heterocycles. The van der Waals surface area contributed by atoms with E-state index in [0.29, 0.717) is 42.5 Å². The molecule has 33 heavy (non-hydrogen) atoms. The van der Waals surface area contributed by atoms with Gasteiger partial charge < -0.3 is 9.64 Å². The molecule has 0 unspecified atom stereocenters. The lowest BCUT2D eigenvalue weighted by molar-refractivity contribution is 0.0696. The van der Waals surface area contributed by atoms with Crippen LogP contribution in [0.5, 0.6) is 5.88 Å². The lowest BCUT2D eigenvalue weighted by atomic mass is 10.1. The molecule has 1 saturated heterocycles. The van der Waals surface area contributed by atoms with Gasteiger partial charge in [0.15, 0.2) is 5.82 Å². The Balaban J connectivity index is 1.48. The molecule has 0 aliphatic carbocycles. The number of aromatic nitrogens is 4. The lowest BCUT2D eigenvalue weighted by Gasteiger charge is -2.34. The summed E-state index contributed by atoms with van der Waals surface area (Å²) in [7, 11) is -2.08. The van der Waals surface area contributed by atoms with E-state index in [1.54, 1.807) is 46.0 Å². The number of benzene rings is 1. The van der Waals surface area contributed by atoms with Crippen molar-refractivity contribution >= 4 is 15.9 Å². The standard InChI is InChI=1S/C22H26N6O4S/c1-4-19-18(15-23-28(19)20-9-10-21(32-3)25-24-20)22(29)26-11-13-27(14-12-26)33(30,31)17-7-5-16(2)6-8-17/h5-10,15H,4,11-14H2,1-3H3. The Hall–Kier alpha value is -3.31. The fourth-order valence-electron chi connectivity index (χ4n) is 3.79. The zero-order valence-corrected chi connectivity index (χ0v) is 19.6. The Morgan fingerprint density at radius 1 is 1.03 bits per heavy atom. The maximum absolute atomic E-state index is 13.2. The van der Waals surface area contributed by atoms with Crippen LogP contribution in [-0.2, 0) is 16.4 Å². The van der Waals surface area contributed by atoms with E-state index in [1.165, 1.54) is 17.6 Å². The normalized spacial score (nSPS) is 14.9. The van der Waals surface area contributed by atoms with E-state index in [0.717, 1.165) is 5.56 Å². The molecule has 1 aromatic carbocycles. The number of piperazine rings is 1. The topological polar surface area (TPSA) is 111 Å². The fraction of sp³-hybridized carbons (Fsp3) is 0.364. The SMILES string of the molecule is CCc1c(C(=O)N2CCN(S(=O)(=O)c3ccc(C)cc3)CC2)cnn1-c1ccc(OC)nn1. The van der Waals surface area contributed by atoms with Gasteiger partial charge in [0.25, 0.3) is 5.91 Å². The molecule has 1 amide bonds. The molecule has 1 fully saturated rings. The maximum Gasteiger partial charge on any atom is 0.257 e. The molecule has 4 rings (SSSR count). The van der Waals surface area contributed by atoms with Gasteiger partial charge in [0, 0.05) is 32.2 Å². The Labute approximate surface area is 192 Å². The predicted octanol–water partition coefficient (Wildman–Crippen LogP) is 1.69. The summed E-state index contributed by atoms with van der Waals surface area (Å²) in [6.07, 6.45) is 2.10. The summed E-state index contributed by atoms with van der Waals surface area (Å²) in [5.74, 6) is 0.700. The maximum atomic E-state index is 13.2. The number of methoxy groups -OCH3 is 1. The highest BCUT2D eigenvalue weighted by molar-refractivity contribution is 7.89. The summed E-state index contributed by atoms with van der Waals surface area (Å²) < 4.78 is 33.9. The molecule has 0 bridgehead atoms. The molecule has 1 aliphatic rings. The third-order valence-electron chi connectivity index (χ3n) is 5.67. The zero-order valence-electron chi connectivity index (χ0n) is 18.8. The highest BCUT2D eigenvalue weighted by Crippen LogP contribution is 2.21. The average molecular weight is 471 g/mol. The van der Waals surface area contributed by atoms with Gasteiger partial charge in [-0.05, 0) is 31.5 Å². The molecule has 3 aromatic rings. The van der Waals surface area contributed by atoms with Crippen LogP contribution in [0.3, 0.4) is 0 Å². The third kappa shape index (κ3) is 4.46. The minimum Gasteiger partial charge on any atom is -0.480 e.